The topological polar surface area (TPSA) is 69.2 Å². The van der Waals surface area contributed by atoms with Crippen LogP contribution in [0.5, 0.6) is 5.75 Å². The number of nitrogens with one attached hydrogen (secondary N) is 1. The third kappa shape index (κ3) is 2.93. The molecule has 7 heteroatoms. The summed E-state index contributed by atoms with van der Waals surface area (Å²) in [6, 6.07) is 5.82. The van der Waals surface area contributed by atoms with Crippen LogP contribution in [0, 0.1) is 0 Å². The zero-order valence-corrected chi connectivity index (χ0v) is 12.5. The molecule has 3 rings (SSSR count). The molecule has 0 atom stereocenters. The van der Waals surface area contributed by atoms with Crippen molar-refractivity contribution in [3.05, 3.63) is 36.2 Å². The lowest BCUT2D eigenvalue weighted by Crippen LogP contribution is -1.96. The van der Waals surface area contributed by atoms with Crippen molar-refractivity contribution in [2.24, 2.45) is 0 Å². The summed E-state index contributed by atoms with van der Waals surface area (Å²) < 4.78 is 10.5. The van der Waals surface area contributed by atoms with E-state index in [1.165, 1.54) is 11.3 Å². The summed E-state index contributed by atoms with van der Waals surface area (Å²) in [5.41, 5.74) is 2.54. The Labute approximate surface area is 125 Å². The fourth-order valence-electron chi connectivity index (χ4n) is 1.98. The Kier molecular flexibility index (Phi) is 3.94. The van der Waals surface area contributed by atoms with Crippen LogP contribution in [0.15, 0.2) is 30.6 Å². The van der Waals surface area contributed by atoms with Crippen molar-refractivity contribution >= 4 is 32.6 Å². The Hall–Kier alpha value is -2.25. The van der Waals surface area contributed by atoms with E-state index in [2.05, 4.69) is 20.3 Å². The van der Waals surface area contributed by atoms with Crippen LogP contribution < -0.4 is 10.1 Å². The molecular weight excluding hydrogens is 288 g/mol. The van der Waals surface area contributed by atoms with Crippen molar-refractivity contribution in [1.82, 2.24) is 15.0 Å². The molecule has 0 amide bonds. The summed E-state index contributed by atoms with van der Waals surface area (Å²) >= 11 is 1.46. The first-order valence-corrected chi connectivity index (χ1v) is 7.12. The summed E-state index contributed by atoms with van der Waals surface area (Å²) in [5.74, 6) is 0.801. The van der Waals surface area contributed by atoms with Crippen LogP contribution in [0.1, 0.15) is 5.56 Å². The fraction of sp³-hybridized carbons (Fsp3) is 0.214. The minimum atomic E-state index is 0.488. The first-order chi connectivity index (χ1) is 10.3. The van der Waals surface area contributed by atoms with Crippen LogP contribution in [-0.2, 0) is 11.3 Å². The number of ether oxygens (including phenoxy) is 2. The second-order valence-electron chi connectivity index (χ2n) is 4.29. The number of fused-ring (bicyclic) bond motifs is 1. The second-order valence-corrected chi connectivity index (χ2v) is 5.27. The van der Waals surface area contributed by atoms with Crippen LogP contribution >= 0.6 is 11.3 Å². The monoisotopic (exact) mass is 302 g/mol. The molecule has 1 aromatic carbocycles. The molecule has 2 heterocycles. The van der Waals surface area contributed by atoms with Gasteiger partial charge in [-0.05, 0) is 18.2 Å². The number of hydrogen-bond acceptors (Lipinski definition) is 7. The maximum Gasteiger partial charge on any atom is 0.191 e. The van der Waals surface area contributed by atoms with Gasteiger partial charge >= 0.3 is 0 Å². The summed E-state index contributed by atoms with van der Waals surface area (Å²) in [5, 5.41) is 4.01. The van der Waals surface area contributed by atoms with Crippen molar-refractivity contribution in [1.29, 1.82) is 0 Å². The summed E-state index contributed by atoms with van der Waals surface area (Å²) in [6.45, 7) is 0.488. The molecule has 0 aliphatic rings. The number of benzene rings is 1. The number of hydrogen-bond donors (Lipinski definition) is 1. The fourth-order valence-corrected chi connectivity index (χ4v) is 2.77. The maximum absolute atomic E-state index is 5.31. The van der Waals surface area contributed by atoms with Crippen LogP contribution in [-0.4, -0.2) is 29.2 Å². The normalized spacial score (nSPS) is 10.8. The van der Waals surface area contributed by atoms with E-state index in [1.807, 2.05) is 18.2 Å². The lowest BCUT2D eigenvalue weighted by Gasteiger charge is -2.10. The lowest BCUT2D eigenvalue weighted by atomic mass is 10.2. The predicted octanol–water partition coefficient (Wildman–Crippen LogP) is 2.98. The summed E-state index contributed by atoms with van der Waals surface area (Å²) in [6.07, 6.45) is 3.30. The van der Waals surface area contributed by atoms with Gasteiger partial charge in [0, 0.05) is 30.8 Å². The van der Waals surface area contributed by atoms with E-state index in [4.69, 9.17) is 9.47 Å². The van der Waals surface area contributed by atoms with Gasteiger partial charge in [0.1, 0.15) is 5.75 Å². The van der Waals surface area contributed by atoms with Crippen molar-refractivity contribution < 1.29 is 9.47 Å². The molecule has 2 aromatic heterocycles. The lowest BCUT2D eigenvalue weighted by molar-refractivity contribution is 0.181. The molecule has 0 saturated heterocycles. The molecule has 0 aliphatic heterocycles. The van der Waals surface area contributed by atoms with Crippen LogP contribution in [0.25, 0.3) is 10.5 Å². The highest BCUT2D eigenvalue weighted by molar-refractivity contribution is 7.21. The number of aromatic nitrogens is 3. The first-order valence-electron chi connectivity index (χ1n) is 6.30. The molecule has 1 N–H and O–H groups in total. The summed E-state index contributed by atoms with van der Waals surface area (Å²) in [4.78, 5) is 13.6. The van der Waals surface area contributed by atoms with E-state index < -0.39 is 0 Å². The van der Waals surface area contributed by atoms with Crippen molar-refractivity contribution in [2.45, 2.75) is 6.61 Å². The van der Waals surface area contributed by atoms with E-state index in [-0.39, 0.29) is 0 Å². The van der Waals surface area contributed by atoms with Crippen LogP contribution in [0.4, 0.5) is 10.8 Å². The van der Waals surface area contributed by atoms with Gasteiger partial charge in [-0.25, -0.2) is 9.97 Å². The molecule has 21 heavy (non-hydrogen) atoms. The number of nitrogens with zero attached hydrogens (tertiary/aromatic N) is 3. The van der Waals surface area contributed by atoms with Crippen molar-refractivity contribution in [3.63, 3.8) is 0 Å². The first kappa shape index (κ1) is 13.7. The zero-order valence-electron chi connectivity index (χ0n) is 11.7. The molecule has 3 aromatic rings. The van der Waals surface area contributed by atoms with E-state index in [1.54, 1.807) is 26.6 Å². The molecule has 0 bridgehead atoms. The molecule has 0 aliphatic carbocycles. The predicted molar refractivity (Wildman–Crippen MR) is 82.2 cm³/mol. The zero-order chi connectivity index (χ0) is 14.7. The highest BCUT2D eigenvalue weighted by Crippen LogP contribution is 2.28. The molecule has 0 radical (unpaired) electrons. The molecule has 0 saturated carbocycles. The molecular formula is C14H14N4O2S. The molecule has 0 unspecified atom stereocenters. The smallest absolute Gasteiger partial charge is 0.191 e. The van der Waals surface area contributed by atoms with Crippen molar-refractivity contribution in [3.8, 4) is 5.75 Å². The van der Waals surface area contributed by atoms with Gasteiger partial charge in [0.05, 0.1) is 13.7 Å². The average molecular weight is 302 g/mol. The largest absolute Gasteiger partial charge is 0.496 e. The van der Waals surface area contributed by atoms with Gasteiger partial charge in [-0.3, -0.25) is 0 Å². The SMILES string of the molecule is COCc1cc(Nc2nc3nccnc3s2)ccc1OC. The van der Waals surface area contributed by atoms with E-state index in [0.29, 0.717) is 12.3 Å². The van der Waals surface area contributed by atoms with Gasteiger partial charge in [-0.1, -0.05) is 11.3 Å². The Bertz CT molecular complexity index is 727. The minimum Gasteiger partial charge on any atom is -0.496 e. The number of thiazole rings is 1. The highest BCUT2D eigenvalue weighted by atomic mass is 32.1. The molecule has 0 spiro atoms. The van der Waals surface area contributed by atoms with Gasteiger partial charge in [0.25, 0.3) is 0 Å². The Morgan fingerprint density at radius 3 is 2.81 bits per heavy atom. The second kappa shape index (κ2) is 6.02. The van der Waals surface area contributed by atoms with Crippen LogP contribution in [0.3, 0.4) is 0 Å². The third-order valence-corrected chi connectivity index (χ3v) is 3.75. The highest BCUT2D eigenvalue weighted by Gasteiger charge is 2.08. The maximum atomic E-state index is 5.31. The van der Waals surface area contributed by atoms with E-state index in [0.717, 1.165) is 27.0 Å². The van der Waals surface area contributed by atoms with Gasteiger partial charge in [0.2, 0.25) is 0 Å². The van der Waals surface area contributed by atoms with Gasteiger partial charge in [-0.2, -0.15) is 4.98 Å². The Morgan fingerprint density at radius 2 is 2.05 bits per heavy atom. The number of anilines is 2. The molecule has 0 fully saturated rings. The van der Waals surface area contributed by atoms with E-state index >= 15 is 0 Å². The van der Waals surface area contributed by atoms with Crippen molar-refractivity contribution in [2.75, 3.05) is 19.5 Å². The Morgan fingerprint density at radius 1 is 1.19 bits per heavy atom. The summed E-state index contributed by atoms with van der Waals surface area (Å²) in [7, 11) is 3.30. The minimum absolute atomic E-state index is 0.488. The number of rotatable bonds is 5. The van der Waals surface area contributed by atoms with Gasteiger partial charge in [0.15, 0.2) is 15.6 Å². The quantitative estimate of drug-likeness (QED) is 0.781. The third-order valence-electron chi connectivity index (χ3n) is 2.88. The van der Waals surface area contributed by atoms with E-state index in [9.17, 15) is 0 Å². The van der Waals surface area contributed by atoms with Gasteiger partial charge < -0.3 is 14.8 Å². The number of methoxy groups -OCH3 is 2. The van der Waals surface area contributed by atoms with Gasteiger partial charge in [-0.15, -0.1) is 0 Å². The average Bonchev–Trinajstić information content (AvgIpc) is 2.90. The van der Waals surface area contributed by atoms with Crippen LogP contribution in [0.2, 0.25) is 0 Å². The Balaban J connectivity index is 1.88. The standard InChI is InChI=1S/C14H14N4O2S/c1-19-8-9-7-10(3-4-11(9)20-2)17-14-18-12-13(21-14)16-6-5-15-12/h3-7H,8H2,1-2H3,(H,15,17,18). The molecule has 108 valence electrons. The molecule has 6 nitrogen and oxygen atoms in total.